The van der Waals surface area contributed by atoms with E-state index in [-0.39, 0.29) is 6.03 Å². The van der Waals surface area contributed by atoms with Crippen LogP contribution in [0.25, 0.3) is 0 Å². The van der Waals surface area contributed by atoms with Gasteiger partial charge in [-0.15, -0.1) is 0 Å². The minimum absolute atomic E-state index is 0.315. The van der Waals surface area contributed by atoms with Crippen molar-refractivity contribution in [3.8, 4) is 5.75 Å². The number of aryl methyl sites for hydroxylation is 1. The van der Waals surface area contributed by atoms with Crippen LogP contribution in [-0.4, -0.2) is 29.2 Å². The number of nitrogens with zero attached hydrogens (tertiary/aromatic N) is 2. The molecule has 0 saturated carbocycles. The molecule has 1 heterocycles. The van der Waals surface area contributed by atoms with Gasteiger partial charge in [0.25, 0.3) is 0 Å². The number of benzene rings is 1. The van der Waals surface area contributed by atoms with Gasteiger partial charge in [0.05, 0.1) is 12.8 Å². The molecule has 2 amide bonds. The van der Waals surface area contributed by atoms with Crippen molar-refractivity contribution in [2.24, 2.45) is 7.05 Å². The first kappa shape index (κ1) is 15.2. The van der Waals surface area contributed by atoms with Crippen LogP contribution in [0, 0.1) is 0 Å². The number of ether oxygens (including phenoxy) is 1. The van der Waals surface area contributed by atoms with Crippen molar-refractivity contribution in [3.05, 3.63) is 41.4 Å². The Balaban J connectivity index is 1.87. The number of carbonyl (C=O) groups is 1. The highest BCUT2D eigenvalue weighted by molar-refractivity contribution is 6.31. The second-order valence-corrected chi connectivity index (χ2v) is 4.87. The maximum Gasteiger partial charge on any atom is 0.319 e. The van der Waals surface area contributed by atoms with E-state index in [0.29, 0.717) is 29.4 Å². The van der Waals surface area contributed by atoms with Crippen LogP contribution in [0.15, 0.2) is 30.6 Å². The van der Waals surface area contributed by atoms with Crippen LogP contribution in [-0.2, 0) is 13.5 Å². The normalized spacial score (nSPS) is 10.2. The van der Waals surface area contributed by atoms with Crippen molar-refractivity contribution >= 4 is 23.3 Å². The number of hydrogen-bond acceptors (Lipinski definition) is 3. The fraction of sp³-hybridized carbons (Fsp3) is 0.286. The van der Waals surface area contributed by atoms with Crippen LogP contribution in [0.5, 0.6) is 5.75 Å². The number of rotatable bonds is 5. The average Bonchev–Trinajstić information content (AvgIpc) is 2.85. The Hall–Kier alpha value is -2.21. The van der Waals surface area contributed by atoms with Gasteiger partial charge in [-0.05, 0) is 18.2 Å². The quantitative estimate of drug-likeness (QED) is 0.891. The van der Waals surface area contributed by atoms with Gasteiger partial charge in [0, 0.05) is 37.4 Å². The summed E-state index contributed by atoms with van der Waals surface area (Å²) < 4.78 is 7.08. The summed E-state index contributed by atoms with van der Waals surface area (Å²) in [4.78, 5) is 16.0. The molecule has 2 N–H and O–H groups in total. The topological polar surface area (TPSA) is 68.2 Å². The summed E-state index contributed by atoms with van der Waals surface area (Å²) in [5.74, 6) is 1.47. The van der Waals surface area contributed by atoms with Gasteiger partial charge in [0.1, 0.15) is 11.6 Å². The summed E-state index contributed by atoms with van der Waals surface area (Å²) >= 11 is 5.91. The molecule has 112 valence electrons. The van der Waals surface area contributed by atoms with Crippen LogP contribution in [0.4, 0.5) is 10.5 Å². The molecule has 2 rings (SSSR count). The lowest BCUT2D eigenvalue weighted by Gasteiger charge is -2.11. The molecule has 0 aliphatic heterocycles. The predicted octanol–water partition coefficient (Wildman–Crippen LogP) is 2.45. The summed E-state index contributed by atoms with van der Waals surface area (Å²) in [6.45, 7) is 0.486. The van der Waals surface area contributed by atoms with Crippen molar-refractivity contribution in [1.29, 1.82) is 0 Å². The van der Waals surface area contributed by atoms with Crippen LogP contribution >= 0.6 is 11.6 Å². The number of amides is 2. The second-order valence-electron chi connectivity index (χ2n) is 4.43. The smallest absolute Gasteiger partial charge is 0.319 e. The highest BCUT2D eigenvalue weighted by Crippen LogP contribution is 2.27. The molecular weight excluding hydrogens is 292 g/mol. The van der Waals surface area contributed by atoms with Crippen LogP contribution in [0.2, 0.25) is 5.02 Å². The van der Waals surface area contributed by atoms with Gasteiger partial charge in [-0.1, -0.05) is 11.6 Å². The summed E-state index contributed by atoms with van der Waals surface area (Å²) in [6, 6.07) is 4.72. The van der Waals surface area contributed by atoms with Gasteiger partial charge >= 0.3 is 6.03 Å². The molecule has 0 aliphatic rings. The first-order valence-electron chi connectivity index (χ1n) is 6.44. The van der Waals surface area contributed by atoms with Crippen LogP contribution < -0.4 is 15.4 Å². The molecule has 0 bridgehead atoms. The number of aromatic nitrogens is 2. The molecule has 1 aromatic carbocycles. The van der Waals surface area contributed by atoms with E-state index in [1.54, 1.807) is 24.4 Å². The minimum Gasteiger partial charge on any atom is -0.495 e. The zero-order chi connectivity index (χ0) is 15.2. The number of nitrogens with one attached hydrogen (secondary N) is 2. The highest BCUT2D eigenvalue weighted by Gasteiger charge is 2.08. The molecule has 0 spiro atoms. The molecule has 0 saturated heterocycles. The van der Waals surface area contributed by atoms with Gasteiger partial charge in [0.15, 0.2) is 0 Å². The van der Waals surface area contributed by atoms with Gasteiger partial charge in [-0.25, -0.2) is 9.78 Å². The van der Waals surface area contributed by atoms with Crippen molar-refractivity contribution in [1.82, 2.24) is 14.9 Å². The van der Waals surface area contributed by atoms with E-state index in [2.05, 4.69) is 15.6 Å². The van der Waals surface area contributed by atoms with Crippen molar-refractivity contribution < 1.29 is 9.53 Å². The van der Waals surface area contributed by atoms with E-state index in [0.717, 1.165) is 5.82 Å². The number of anilines is 1. The number of halogens is 1. The van der Waals surface area contributed by atoms with Gasteiger partial charge < -0.3 is 19.9 Å². The monoisotopic (exact) mass is 308 g/mol. The molecule has 0 atom stereocenters. The summed E-state index contributed by atoms with van der Waals surface area (Å²) in [5.41, 5.74) is 0.527. The molecule has 0 aliphatic carbocycles. The van der Waals surface area contributed by atoms with Crippen LogP contribution in [0.3, 0.4) is 0 Å². The fourth-order valence-corrected chi connectivity index (χ4v) is 2.04. The summed E-state index contributed by atoms with van der Waals surface area (Å²) in [5, 5.41) is 6.00. The van der Waals surface area contributed by atoms with E-state index in [1.165, 1.54) is 7.11 Å². The number of urea groups is 1. The maximum absolute atomic E-state index is 11.9. The molecule has 7 heteroatoms. The average molecular weight is 309 g/mol. The van der Waals surface area contributed by atoms with Gasteiger partial charge in [-0.3, -0.25) is 0 Å². The largest absolute Gasteiger partial charge is 0.495 e. The van der Waals surface area contributed by atoms with E-state index >= 15 is 0 Å². The Bertz CT molecular complexity index is 627. The second kappa shape index (κ2) is 6.99. The molecule has 21 heavy (non-hydrogen) atoms. The summed E-state index contributed by atoms with van der Waals surface area (Å²) in [6.07, 6.45) is 4.25. The number of imidazole rings is 1. The van der Waals surface area contributed by atoms with E-state index in [4.69, 9.17) is 16.3 Å². The third kappa shape index (κ3) is 4.13. The lowest BCUT2D eigenvalue weighted by Crippen LogP contribution is -2.31. The Morgan fingerprint density at radius 2 is 2.29 bits per heavy atom. The number of carbonyl (C=O) groups excluding carboxylic acids is 1. The zero-order valence-electron chi connectivity index (χ0n) is 11.9. The lowest BCUT2D eigenvalue weighted by molar-refractivity contribution is 0.252. The van der Waals surface area contributed by atoms with Crippen LogP contribution in [0.1, 0.15) is 5.82 Å². The highest BCUT2D eigenvalue weighted by atomic mass is 35.5. The fourth-order valence-electron chi connectivity index (χ4n) is 1.87. The SMILES string of the molecule is COc1ccc(Cl)cc1NC(=O)NCCc1nccn1C. The summed E-state index contributed by atoms with van der Waals surface area (Å²) in [7, 11) is 3.45. The van der Waals surface area contributed by atoms with Crippen molar-refractivity contribution in [2.45, 2.75) is 6.42 Å². The molecule has 1 aromatic heterocycles. The molecule has 6 nitrogen and oxygen atoms in total. The molecule has 0 radical (unpaired) electrons. The maximum atomic E-state index is 11.9. The van der Waals surface area contributed by atoms with E-state index in [1.807, 2.05) is 17.8 Å². The third-order valence-corrected chi connectivity index (χ3v) is 3.20. The standard InChI is InChI=1S/C14H17ClN4O2/c1-19-8-7-16-13(19)5-6-17-14(20)18-11-9-10(15)3-4-12(11)21-2/h3-4,7-9H,5-6H2,1-2H3,(H2,17,18,20). The molecule has 0 fully saturated rings. The van der Waals surface area contributed by atoms with Crippen molar-refractivity contribution in [3.63, 3.8) is 0 Å². The predicted molar refractivity (Wildman–Crippen MR) is 81.9 cm³/mol. The van der Waals surface area contributed by atoms with Crippen molar-refractivity contribution in [2.75, 3.05) is 19.0 Å². The Labute approximate surface area is 128 Å². The number of methoxy groups -OCH3 is 1. The number of hydrogen-bond donors (Lipinski definition) is 2. The first-order valence-corrected chi connectivity index (χ1v) is 6.82. The Morgan fingerprint density at radius 1 is 1.48 bits per heavy atom. The molecular formula is C14H17ClN4O2. The minimum atomic E-state index is -0.315. The zero-order valence-corrected chi connectivity index (χ0v) is 12.6. The lowest BCUT2D eigenvalue weighted by atomic mass is 10.3. The first-order chi connectivity index (χ1) is 10.1. The molecule has 0 unspecified atom stereocenters. The van der Waals surface area contributed by atoms with E-state index in [9.17, 15) is 4.79 Å². The third-order valence-electron chi connectivity index (χ3n) is 2.96. The molecule has 2 aromatic rings. The Kier molecular flexibility index (Phi) is 5.05. The Morgan fingerprint density at radius 3 is 2.95 bits per heavy atom. The van der Waals surface area contributed by atoms with E-state index < -0.39 is 0 Å². The van der Waals surface area contributed by atoms with Gasteiger partial charge in [0.2, 0.25) is 0 Å². The van der Waals surface area contributed by atoms with Gasteiger partial charge in [-0.2, -0.15) is 0 Å².